The van der Waals surface area contributed by atoms with Crippen molar-refractivity contribution in [3.63, 3.8) is 0 Å². The molecule has 7 nitrogen and oxygen atoms in total. The fourth-order valence-corrected chi connectivity index (χ4v) is 7.89. The molecule has 1 aliphatic heterocycles. The molecule has 1 aromatic carbocycles. The average molecular weight is 543 g/mol. The number of rotatable bonds is 9. The molecule has 3 aromatic rings. The van der Waals surface area contributed by atoms with Crippen LogP contribution in [0.2, 0.25) is 0 Å². The molecular formula is C23H28F2N4O3S3. The zero-order chi connectivity index (χ0) is 25.2. The van der Waals surface area contributed by atoms with Crippen LogP contribution < -0.4 is 4.90 Å². The molecule has 0 N–H and O–H groups in total. The summed E-state index contributed by atoms with van der Waals surface area (Å²) >= 11 is 2.26. The second-order valence-corrected chi connectivity index (χ2v) is 12.5. The van der Waals surface area contributed by atoms with Gasteiger partial charge in [-0.05, 0) is 43.4 Å². The summed E-state index contributed by atoms with van der Waals surface area (Å²) in [7, 11) is -3.56. The Hall–Kier alpha value is -1.99. The topological polar surface area (TPSA) is 73.8 Å². The summed E-state index contributed by atoms with van der Waals surface area (Å²) in [4.78, 5) is 21.7. The number of aromatic nitrogens is 1. The molecular weight excluding hydrogens is 514 g/mol. The minimum atomic E-state index is -3.56. The van der Waals surface area contributed by atoms with Gasteiger partial charge in [-0.1, -0.05) is 31.3 Å². The maximum atomic E-state index is 14.3. The molecule has 0 saturated carbocycles. The number of halogens is 2. The van der Waals surface area contributed by atoms with Gasteiger partial charge in [-0.25, -0.2) is 22.2 Å². The maximum absolute atomic E-state index is 14.3. The summed E-state index contributed by atoms with van der Waals surface area (Å²) < 4.78 is 55.8. The van der Waals surface area contributed by atoms with Crippen molar-refractivity contribution in [2.45, 2.75) is 30.9 Å². The Bertz CT molecular complexity index is 1270. The SMILES string of the molecule is CCN(CC)CCN(C(=O)C1CCN(S(=O)(=O)c2cccs2)CC1)c1nc2c(F)cc(F)cc2s1. The van der Waals surface area contributed by atoms with E-state index in [0.717, 1.165) is 30.5 Å². The lowest BCUT2D eigenvalue weighted by Gasteiger charge is -2.33. The number of benzene rings is 1. The number of hydrogen-bond donors (Lipinski definition) is 0. The number of amides is 1. The van der Waals surface area contributed by atoms with E-state index >= 15 is 0 Å². The van der Waals surface area contributed by atoms with E-state index in [1.54, 1.807) is 22.4 Å². The number of nitrogens with zero attached hydrogens (tertiary/aromatic N) is 4. The highest BCUT2D eigenvalue weighted by molar-refractivity contribution is 7.91. The van der Waals surface area contributed by atoms with Gasteiger partial charge in [0.2, 0.25) is 5.91 Å². The molecule has 35 heavy (non-hydrogen) atoms. The third-order valence-corrected chi connectivity index (χ3v) is 10.6. The van der Waals surface area contributed by atoms with Gasteiger partial charge in [0.1, 0.15) is 15.5 Å². The predicted molar refractivity (Wildman–Crippen MR) is 135 cm³/mol. The lowest BCUT2D eigenvalue weighted by molar-refractivity contribution is -0.123. The molecule has 1 aliphatic rings. The minimum absolute atomic E-state index is 0.0453. The number of carbonyl (C=O) groups is 1. The van der Waals surface area contributed by atoms with Gasteiger partial charge in [0, 0.05) is 38.2 Å². The van der Waals surface area contributed by atoms with E-state index in [0.29, 0.717) is 40.0 Å². The fraction of sp³-hybridized carbons (Fsp3) is 0.478. The molecule has 1 fully saturated rings. The van der Waals surface area contributed by atoms with Gasteiger partial charge in [0.05, 0.1) is 4.70 Å². The number of likely N-dealkylation sites (N-methyl/N-ethyl adjacent to an activating group) is 1. The van der Waals surface area contributed by atoms with Crippen LogP contribution in [0.5, 0.6) is 0 Å². The smallest absolute Gasteiger partial charge is 0.252 e. The summed E-state index contributed by atoms with van der Waals surface area (Å²) in [5, 5.41) is 2.05. The van der Waals surface area contributed by atoms with Crippen LogP contribution in [0.1, 0.15) is 26.7 Å². The zero-order valence-corrected chi connectivity index (χ0v) is 22.1. The molecule has 1 amide bonds. The molecule has 0 radical (unpaired) electrons. The summed E-state index contributed by atoms with van der Waals surface area (Å²) in [5.74, 6) is -1.99. The van der Waals surface area contributed by atoms with Crippen molar-refractivity contribution >= 4 is 54.0 Å². The normalized spacial score (nSPS) is 15.8. The highest BCUT2D eigenvalue weighted by Crippen LogP contribution is 2.34. The lowest BCUT2D eigenvalue weighted by Crippen LogP contribution is -2.46. The fourth-order valence-electron chi connectivity index (χ4n) is 4.24. The lowest BCUT2D eigenvalue weighted by atomic mass is 9.96. The number of sulfonamides is 1. The Balaban J connectivity index is 1.55. The highest BCUT2D eigenvalue weighted by atomic mass is 32.2. The van der Waals surface area contributed by atoms with Crippen LogP contribution in [-0.2, 0) is 14.8 Å². The molecule has 3 heterocycles. The van der Waals surface area contributed by atoms with Crippen LogP contribution in [0.3, 0.4) is 0 Å². The Kier molecular flexibility index (Phi) is 8.16. The van der Waals surface area contributed by atoms with Crippen molar-refractivity contribution < 1.29 is 22.0 Å². The van der Waals surface area contributed by atoms with Crippen LogP contribution in [0.15, 0.2) is 33.9 Å². The molecule has 0 atom stereocenters. The van der Waals surface area contributed by atoms with E-state index in [9.17, 15) is 22.0 Å². The van der Waals surface area contributed by atoms with Crippen LogP contribution in [0, 0.1) is 17.6 Å². The molecule has 12 heteroatoms. The van der Waals surface area contributed by atoms with Crippen molar-refractivity contribution in [2.75, 3.05) is 44.2 Å². The van der Waals surface area contributed by atoms with Gasteiger partial charge >= 0.3 is 0 Å². The van der Waals surface area contributed by atoms with Crippen LogP contribution in [0.25, 0.3) is 10.2 Å². The summed E-state index contributed by atoms with van der Waals surface area (Å²) in [6.45, 7) is 7.18. The first-order valence-electron chi connectivity index (χ1n) is 11.6. The Morgan fingerprint density at radius 2 is 1.89 bits per heavy atom. The monoisotopic (exact) mass is 542 g/mol. The Morgan fingerprint density at radius 1 is 1.17 bits per heavy atom. The highest BCUT2D eigenvalue weighted by Gasteiger charge is 2.35. The van der Waals surface area contributed by atoms with Gasteiger partial charge in [0.25, 0.3) is 10.0 Å². The molecule has 4 rings (SSSR count). The maximum Gasteiger partial charge on any atom is 0.252 e. The number of anilines is 1. The molecule has 190 valence electrons. The quantitative estimate of drug-likeness (QED) is 0.401. The predicted octanol–water partition coefficient (Wildman–Crippen LogP) is 4.41. The van der Waals surface area contributed by atoms with Crippen molar-refractivity contribution in [2.24, 2.45) is 5.92 Å². The van der Waals surface area contributed by atoms with E-state index in [2.05, 4.69) is 9.88 Å². The first kappa shape index (κ1) is 26.1. The van der Waals surface area contributed by atoms with Crippen molar-refractivity contribution in [3.8, 4) is 0 Å². The number of thiazole rings is 1. The van der Waals surface area contributed by atoms with E-state index in [4.69, 9.17) is 0 Å². The van der Waals surface area contributed by atoms with E-state index in [1.807, 2.05) is 13.8 Å². The average Bonchev–Trinajstić information content (AvgIpc) is 3.53. The molecule has 0 unspecified atom stereocenters. The van der Waals surface area contributed by atoms with Crippen molar-refractivity contribution in [1.29, 1.82) is 0 Å². The van der Waals surface area contributed by atoms with E-state index in [1.165, 1.54) is 21.7 Å². The van der Waals surface area contributed by atoms with Gasteiger partial charge < -0.3 is 4.90 Å². The number of thiophene rings is 1. The van der Waals surface area contributed by atoms with Crippen molar-refractivity contribution in [3.05, 3.63) is 41.3 Å². The molecule has 0 aliphatic carbocycles. The summed E-state index contributed by atoms with van der Waals surface area (Å²) in [6, 6.07) is 5.30. The first-order chi connectivity index (χ1) is 16.7. The van der Waals surface area contributed by atoms with Gasteiger partial charge in [-0.3, -0.25) is 9.69 Å². The third kappa shape index (κ3) is 5.56. The van der Waals surface area contributed by atoms with Crippen LogP contribution in [0.4, 0.5) is 13.9 Å². The molecule has 2 aromatic heterocycles. The summed E-state index contributed by atoms with van der Waals surface area (Å²) in [6.07, 6.45) is 0.776. The first-order valence-corrected chi connectivity index (χ1v) is 14.7. The second-order valence-electron chi connectivity index (χ2n) is 8.36. The van der Waals surface area contributed by atoms with Crippen molar-refractivity contribution in [1.82, 2.24) is 14.2 Å². The standard InChI is InChI=1S/C23H28F2N4O3S3/c1-3-27(4-2)11-12-29(23-26-21-18(25)14-17(24)15-19(21)34-23)22(30)16-7-9-28(10-8-16)35(31,32)20-6-5-13-33-20/h5-6,13-16H,3-4,7-12H2,1-2H3. The van der Waals surface area contributed by atoms with Crippen LogP contribution >= 0.6 is 22.7 Å². The minimum Gasteiger partial charge on any atom is -0.302 e. The third-order valence-electron chi connectivity index (χ3n) is 6.33. The second kappa shape index (κ2) is 11.0. The zero-order valence-electron chi connectivity index (χ0n) is 19.6. The Morgan fingerprint density at radius 3 is 2.51 bits per heavy atom. The number of piperidine rings is 1. The number of fused-ring (bicyclic) bond motifs is 1. The largest absolute Gasteiger partial charge is 0.302 e. The van der Waals surface area contributed by atoms with Gasteiger partial charge in [-0.15, -0.1) is 11.3 Å². The van der Waals surface area contributed by atoms with Gasteiger partial charge in [0.15, 0.2) is 10.9 Å². The summed E-state index contributed by atoms with van der Waals surface area (Å²) in [5.41, 5.74) is 0.0453. The van der Waals surface area contributed by atoms with Crippen LogP contribution in [-0.4, -0.2) is 67.8 Å². The van der Waals surface area contributed by atoms with E-state index in [-0.39, 0.29) is 30.4 Å². The number of hydrogen-bond acceptors (Lipinski definition) is 7. The molecule has 0 spiro atoms. The molecule has 1 saturated heterocycles. The Labute approximate surface area is 212 Å². The van der Waals surface area contributed by atoms with E-state index < -0.39 is 21.7 Å². The molecule has 0 bridgehead atoms. The number of carbonyl (C=O) groups excluding carboxylic acids is 1. The van der Waals surface area contributed by atoms with Gasteiger partial charge in [-0.2, -0.15) is 4.31 Å².